The third-order valence-electron chi connectivity index (χ3n) is 2.27. The highest BCUT2D eigenvalue weighted by molar-refractivity contribution is 7.16. The van der Waals surface area contributed by atoms with Gasteiger partial charge in [0.1, 0.15) is 0 Å². The summed E-state index contributed by atoms with van der Waals surface area (Å²) in [6.45, 7) is 0. The van der Waals surface area contributed by atoms with E-state index in [1.54, 1.807) is 16.2 Å². The normalized spacial score (nSPS) is 17.5. The van der Waals surface area contributed by atoms with Gasteiger partial charge in [0.2, 0.25) is 0 Å². The van der Waals surface area contributed by atoms with E-state index in [0.717, 1.165) is 5.00 Å². The van der Waals surface area contributed by atoms with Gasteiger partial charge in [-0.1, -0.05) is 6.42 Å². The van der Waals surface area contributed by atoms with Crippen LogP contribution in [0.2, 0.25) is 0 Å². The van der Waals surface area contributed by atoms with E-state index < -0.39 is 0 Å². The molecule has 0 aromatic carbocycles. The summed E-state index contributed by atoms with van der Waals surface area (Å²) in [5, 5.41) is 0.997. The maximum absolute atomic E-state index is 5.73. The molecule has 11 heavy (non-hydrogen) atoms. The van der Waals surface area contributed by atoms with E-state index in [-0.39, 0.29) is 0 Å². The van der Waals surface area contributed by atoms with Crippen LogP contribution in [0.15, 0.2) is 6.07 Å². The lowest BCUT2D eigenvalue weighted by Crippen LogP contribution is -1.81. The zero-order chi connectivity index (χ0) is 7.68. The molecule has 1 aromatic rings. The minimum atomic E-state index is 0.997. The van der Waals surface area contributed by atoms with E-state index in [1.165, 1.54) is 37.7 Å². The minimum Gasteiger partial charge on any atom is -0.391 e. The molecule has 0 aliphatic heterocycles. The summed E-state index contributed by atoms with van der Waals surface area (Å²) in [6, 6.07) is 2.16. The Kier molecular flexibility index (Phi) is 1.86. The maximum atomic E-state index is 5.73. The van der Waals surface area contributed by atoms with Crippen molar-refractivity contribution in [1.29, 1.82) is 0 Å². The van der Waals surface area contributed by atoms with Crippen LogP contribution in [0.3, 0.4) is 0 Å². The van der Waals surface area contributed by atoms with Gasteiger partial charge < -0.3 is 5.73 Å². The van der Waals surface area contributed by atoms with Crippen molar-refractivity contribution < 1.29 is 0 Å². The van der Waals surface area contributed by atoms with E-state index in [1.807, 2.05) is 0 Å². The molecule has 1 aliphatic rings. The van der Waals surface area contributed by atoms with Crippen molar-refractivity contribution in [2.75, 3.05) is 5.73 Å². The van der Waals surface area contributed by atoms with Crippen LogP contribution in [0.4, 0.5) is 5.00 Å². The molecule has 2 heteroatoms. The van der Waals surface area contributed by atoms with Crippen LogP contribution < -0.4 is 5.73 Å². The first kappa shape index (κ1) is 7.17. The fourth-order valence-electron chi connectivity index (χ4n) is 1.69. The Bertz CT molecular complexity index is 229. The molecule has 1 nitrogen and oxygen atoms in total. The van der Waals surface area contributed by atoms with Crippen LogP contribution >= 0.6 is 11.3 Å². The Balaban J connectivity index is 2.32. The highest BCUT2D eigenvalue weighted by atomic mass is 32.1. The van der Waals surface area contributed by atoms with Gasteiger partial charge in [0, 0.05) is 4.88 Å². The first-order valence-corrected chi connectivity index (χ1v) is 5.05. The molecular weight excluding hydrogens is 154 g/mol. The maximum Gasteiger partial charge on any atom is 0.0862 e. The molecule has 1 aromatic heterocycles. The number of nitrogens with two attached hydrogens (primary N) is 1. The molecule has 0 radical (unpaired) electrons. The van der Waals surface area contributed by atoms with Gasteiger partial charge in [-0.15, -0.1) is 11.3 Å². The summed E-state index contributed by atoms with van der Waals surface area (Å²) in [4.78, 5) is 1.54. The topological polar surface area (TPSA) is 26.0 Å². The second-order valence-corrected chi connectivity index (χ2v) is 4.33. The third kappa shape index (κ3) is 1.41. The Hall–Kier alpha value is -0.500. The predicted molar refractivity (Wildman–Crippen MR) is 50.0 cm³/mol. The summed E-state index contributed by atoms with van der Waals surface area (Å²) in [5.74, 6) is 0. The van der Waals surface area contributed by atoms with Crippen LogP contribution in [0.1, 0.15) is 29.7 Å². The van der Waals surface area contributed by atoms with Crippen molar-refractivity contribution in [2.24, 2.45) is 0 Å². The quantitative estimate of drug-likeness (QED) is 0.590. The van der Waals surface area contributed by atoms with Crippen LogP contribution in [0.5, 0.6) is 0 Å². The molecule has 2 N–H and O–H groups in total. The molecule has 1 aliphatic carbocycles. The number of nitrogen functional groups attached to an aromatic ring is 1. The summed E-state index contributed by atoms with van der Waals surface area (Å²) < 4.78 is 0. The molecule has 0 atom stereocenters. The zero-order valence-corrected chi connectivity index (χ0v) is 7.41. The van der Waals surface area contributed by atoms with Crippen molar-refractivity contribution in [3.05, 3.63) is 16.5 Å². The van der Waals surface area contributed by atoms with Crippen molar-refractivity contribution in [2.45, 2.75) is 32.1 Å². The van der Waals surface area contributed by atoms with Crippen LogP contribution in [-0.2, 0) is 12.8 Å². The highest BCUT2D eigenvalue weighted by Crippen LogP contribution is 2.29. The largest absolute Gasteiger partial charge is 0.391 e. The third-order valence-corrected chi connectivity index (χ3v) is 3.33. The smallest absolute Gasteiger partial charge is 0.0862 e. The molecule has 0 bridgehead atoms. The molecule has 0 amide bonds. The summed E-state index contributed by atoms with van der Waals surface area (Å²) >= 11 is 1.78. The van der Waals surface area contributed by atoms with E-state index in [9.17, 15) is 0 Å². The Labute approximate surface area is 71.2 Å². The summed E-state index contributed by atoms with van der Waals surface area (Å²) in [5.41, 5.74) is 7.25. The van der Waals surface area contributed by atoms with Crippen LogP contribution in [0, 0.1) is 0 Å². The van der Waals surface area contributed by atoms with Gasteiger partial charge in [-0.2, -0.15) is 0 Å². The fourth-order valence-corrected chi connectivity index (χ4v) is 2.71. The average Bonchev–Trinajstić information content (AvgIpc) is 2.17. The van der Waals surface area contributed by atoms with Crippen molar-refractivity contribution in [3.63, 3.8) is 0 Å². The van der Waals surface area contributed by atoms with Crippen molar-refractivity contribution in [1.82, 2.24) is 0 Å². The lowest BCUT2D eigenvalue weighted by atomic mass is 10.1. The number of hydrogen-bond acceptors (Lipinski definition) is 2. The van der Waals surface area contributed by atoms with Gasteiger partial charge in [0.15, 0.2) is 0 Å². The second-order valence-electron chi connectivity index (χ2n) is 3.16. The molecule has 60 valence electrons. The van der Waals surface area contributed by atoms with Gasteiger partial charge in [0.05, 0.1) is 5.00 Å². The van der Waals surface area contributed by atoms with Crippen LogP contribution in [-0.4, -0.2) is 0 Å². The number of rotatable bonds is 0. The zero-order valence-electron chi connectivity index (χ0n) is 6.60. The van der Waals surface area contributed by atoms with Crippen molar-refractivity contribution >= 4 is 16.3 Å². The van der Waals surface area contributed by atoms with E-state index in [2.05, 4.69) is 6.07 Å². The first-order valence-electron chi connectivity index (χ1n) is 4.23. The lowest BCUT2D eigenvalue weighted by molar-refractivity contribution is 0.713. The van der Waals surface area contributed by atoms with Gasteiger partial charge >= 0.3 is 0 Å². The average molecular weight is 167 g/mol. The highest BCUT2D eigenvalue weighted by Gasteiger charge is 2.10. The molecule has 0 saturated carbocycles. The van der Waals surface area contributed by atoms with E-state index >= 15 is 0 Å². The SMILES string of the molecule is Nc1cc2c(s1)CCCCC2. The molecule has 0 spiro atoms. The van der Waals surface area contributed by atoms with E-state index in [0.29, 0.717) is 0 Å². The van der Waals surface area contributed by atoms with Gasteiger partial charge in [0.25, 0.3) is 0 Å². The Morgan fingerprint density at radius 3 is 2.91 bits per heavy atom. The molecule has 1 heterocycles. The van der Waals surface area contributed by atoms with Gasteiger partial charge in [-0.05, 0) is 37.3 Å². The van der Waals surface area contributed by atoms with E-state index in [4.69, 9.17) is 5.73 Å². The Morgan fingerprint density at radius 2 is 2.00 bits per heavy atom. The van der Waals surface area contributed by atoms with Crippen molar-refractivity contribution in [3.8, 4) is 0 Å². The number of fused-ring (bicyclic) bond motifs is 1. The predicted octanol–water partition coefficient (Wildman–Crippen LogP) is 2.60. The molecule has 0 unspecified atom stereocenters. The van der Waals surface area contributed by atoms with Crippen LogP contribution in [0.25, 0.3) is 0 Å². The fraction of sp³-hybridized carbons (Fsp3) is 0.556. The number of anilines is 1. The molecular formula is C9H13NS. The second kappa shape index (κ2) is 2.86. The van der Waals surface area contributed by atoms with Gasteiger partial charge in [-0.3, -0.25) is 0 Å². The number of hydrogen-bond donors (Lipinski definition) is 1. The lowest BCUT2D eigenvalue weighted by Gasteiger charge is -1.92. The monoisotopic (exact) mass is 167 g/mol. The summed E-state index contributed by atoms with van der Waals surface area (Å²) in [7, 11) is 0. The molecule has 0 fully saturated rings. The Morgan fingerprint density at radius 1 is 1.18 bits per heavy atom. The number of aryl methyl sites for hydroxylation is 2. The molecule has 0 saturated heterocycles. The number of thiophene rings is 1. The minimum absolute atomic E-state index is 0.997. The summed E-state index contributed by atoms with van der Waals surface area (Å²) in [6.07, 6.45) is 6.61. The van der Waals surface area contributed by atoms with Gasteiger partial charge in [-0.25, -0.2) is 0 Å². The first-order chi connectivity index (χ1) is 5.36. The molecule has 2 rings (SSSR count). The standard InChI is InChI=1S/C9H13NS/c10-9-6-7-4-2-1-3-5-8(7)11-9/h6H,1-5,10H2.